The van der Waals surface area contributed by atoms with Gasteiger partial charge in [0.05, 0.1) is 12.7 Å². The molecule has 2 rings (SSSR count). The van der Waals surface area contributed by atoms with E-state index < -0.39 is 19.2 Å². The number of methoxy groups -OCH3 is 1. The fraction of sp³-hybridized carbons (Fsp3) is 0.556. The molecule has 6 nitrogen and oxygen atoms in total. The highest BCUT2D eigenvalue weighted by Crippen LogP contribution is 2.29. The third kappa shape index (κ3) is 6.16. The normalized spacial score (nSPS) is 14.8. The number of hydrogen-bond acceptors (Lipinski definition) is 5. The second kappa shape index (κ2) is 9.94. The number of amides is 1. The molecule has 0 aromatic heterocycles. The zero-order valence-corrected chi connectivity index (χ0v) is 14.6. The van der Waals surface area contributed by atoms with Crippen molar-refractivity contribution in [2.45, 2.75) is 38.7 Å². The van der Waals surface area contributed by atoms with E-state index in [9.17, 15) is 18.4 Å². The third-order valence-corrected chi connectivity index (χ3v) is 4.26. The summed E-state index contributed by atoms with van der Waals surface area (Å²) in [6.07, 6.45) is 5.82. The average Bonchev–Trinajstić information content (AvgIpc) is 2.65. The topological polar surface area (TPSA) is 73.9 Å². The smallest absolute Gasteiger partial charge is 0.387 e. The van der Waals surface area contributed by atoms with Crippen molar-refractivity contribution < 1.29 is 32.6 Å². The van der Waals surface area contributed by atoms with E-state index in [0.29, 0.717) is 12.5 Å². The van der Waals surface area contributed by atoms with Gasteiger partial charge in [-0.3, -0.25) is 4.79 Å². The Morgan fingerprint density at radius 3 is 2.58 bits per heavy atom. The van der Waals surface area contributed by atoms with E-state index >= 15 is 0 Å². The van der Waals surface area contributed by atoms with Gasteiger partial charge in [-0.2, -0.15) is 8.78 Å². The van der Waals surface area contributed by atoms with Crippen molar-refractivity contribution in [3.05, 3.63) is 23.8 Å². The number of benzene rings is 1. The monoisotopic (exact) mass is 371 g/mol. The van der Waals surface area contributed by atoms with Gasteiger partial charge >= 0.3 is 12.6 Å². The van der Waals surface area contributed by atoms with Crippen molar-refractivity contribution in [2.24, 2.45) is 5.92 Å². The van der Waals surface area contributed by atoms with E-state index in [1.165, 1.54) is 44.6 Å². The number of halogens is 2. The van der Waals surface area contributed by atoms with Crippen LogP contribution < -0.4 is 14.8 Å². The molecule has 1 saturated carbocycles. The molecule has 144 valence electrons. The molecular formula is C18H23F2NO5. The lowest BCUT2D eigenvalue weighted by molar-refractivity contribution is -0.124. The second-order valence-corrected chi connectivity index (χ2v) is 6.13. The van der Waals surface area contributed by atoms with Crippen molar-refractivity contribution in [3.8, 4) is 11.5 Å². The fourth-order valence-electron chi connectivity index (χ4n) is 2.90. The lowest BCUT2D eigenvalue weighted by atomic mass is 9.89. The molecule has 0 bridgehead atoms. The minimum Gasteiger partial charge on any atom is -0.493 e. The molecule has 1 fully saturated rings. The highest BCUT2D eigenvalue weighted by molar-refractivity contribution is 5.92. The first-order valence-electron chi connectivity index (χ1n) is 8.56. The van der Waals surface area contributed by atoms with Gasteiger partial charge in [-0.05, 0) is 37.0 Å². The van der Waals surface area contributed by atoms with Crippen LogP contribution in [0.2, 0.25) is 0 Å². The maximum absolute atomic E-state index is 12.3. The van der Waals surface area contributed by atoms with Gasteiger partial charge in [0.2, 0.25) is 0 Å². The van der Waals surface area contributed by atoms with Crippen LogP contribution in [-0.4, -0.2) is 38.7 Å². The number of carbonyl (C=O) groups excluding carboxylic acids is 2. The lowest BCUT2D eigenvalue weighted by Gasteiger charge is -2.21. The third-order valence-electron chi connectivity index (χ3n) is 4.26. The molecule has 0 atom stereocenters. The van der Waals surface area contributed by atoms with Crippen molar-refractivity contribution in [1.29, 1.82) is 0 Å². The molecule has 8 heteroatoms. The van der Waals surface area contributed by atoms with Crippen LogP contribution in [0.5, 0.6) is 11.5 Å². The van der Waals surface area contributed by atoms with Crippen molar-refractivity contribution in [3.63, 3.8) is 0 Å². The van der Waals surface area contributed by atoms with Crippen LogP contribution >= 0.6 is 0 Å². The summed E-state index contributed by atoms with van der Waals surface area (Å²) >= 11 is 0. The van der Waals surface area contributed by atoms with E-state index in [1.807, 2.05) is 0 Å². The summed E-state index contributed by atoms with van der Waals surface area (Å²) < 4.78 is 38.8. The highest BCUT2D eigenvalue weighted by Gasteiger charge is 2.17. The molecule has 1 aromatic carbocycles. The number of esters is 1. The fourth-order valence-corrected chi connectivity index (χ4v) is 2.90. The maximum atomic E-state index is 12.3. The standard InChI is InChI=1S/C18H23F2NO5/c1-24-15-9-13(7-8-14(15)26-18(19)20)17(23)25-11-16(22)21-10-12-5-3-2-4-6-12/h7-9,12,18H,2-6,10-11H2,1H3,(H,21,22). The van der Waals surface area contributed by atoms with Crippen LogP contribution in [0.1, 0.15) is 42.5 Å². The Kier molecular flexibility index (Phi) is 7.62. The van der Waals surface area contributed by atoms with Gasteiger partial charge in [-0.25, -0.2) is 4.79 Å². The van der Waals surface area contributed by atoms with Gasteiger partial charge in [0.15, 0.2) is 18.1 Å². The van der Waals surface area contributed by atoms with Crippen LogP contribution in [0, 0.1) is 5.92 Å². The molecule has 1 aliphatic rings. The van der Waals surface area contributed by atoms with Crippen molar-refractivity contribution >= 4 is 11.9 Å². The van der Waals surface area contributed by atoms with Gasteiger partial charge in [-0.15, -0.1) is 0 Å². The van der Waals surface area contributed by atoms with E-state index in [1.54, 1.807) is 0 Å². The summed E-state index contributed by atoms with van der Waals surface area (Å²) in [4.78, 5) is 23.8. The first kappa shape index (κ1) is 19.9. The van der Waals surface area contributed by atoms with Gasteiger partial charge < -0.3 is 19.5 Å². The summed E-state index contributed by atoms with van der Waals surface area (Å²) in [5.74, 6) is -0.853. The highest BCUT2D eigenvalue weighted by atomic mass is 19.3. The lowest BCUT2D eigenvalue weighted by Crippen LogP contribution is -2.33. The largest absolute Gasteiger partial charge is 0.493 e. The van der Waals surface area contributed by atoms with Crippen LogP contribution in [0.25, 0.3) is 0 Å². The maximum Gasteiger partial charge on any atom is 0.387 e. The van der Waals surface area contributed by atoms with Crippen molar-refractivity contribution in [1.82, 2.24) is 5.32 Å². The van der Waals surface area contributed by atoms with Crippen LogP contribution in [0.3, 0.4) is 0 Å². The van der Waals surface area contributed by atoms with Gasteiger partial charge in [0.1, 0.15) is 0 Å². The molecule has 1 aromatic rings. The molecule has 0 radical (unpaired) electrons. The second-order valence-electron chi connectivity index (χ2n) is 6.13. The molecule has 0 aliphatic heterocycles. The van der Waals surface area contributed by atoms with Crippen LogP contribution in [-0.2, 0) is 9.53 Å². The summed E-state index contributed by atoms with van der Waals surface area (Å²) in [6.45, 7) is -2.82. The minimum atomic E-state index is -3.01. The molecule has 0 saturated heterocycles. The summed E-state index contributed by atoms with van der Waals surface area (Å²) in [5.41, 5.74) is 0.0727. The van der Waals surface area contributed by atoms with Gasteiger partial charge in [0, 0.05) is 6.54 Å². The molecule has 0 heterocycles. The Hall–Kier alpha value is -2.38. The SMILES string of the molecule is COc1cc(C(=O)OCC(=O)NCC2CCCCC2)ccc1OC(F)F. The molecule has 0 unspecified atom stereocenters. The average molecular weight is 371 g/mol. The molecular weight excluding hydrogens is 348 g/mol. The van der Waals surface area contributed by atoms with E-state index in [-0.39, 0.29) is 23.0 Å². The summed E-state index contributed by atoms with van der Waals surface area (Å²) in [6, 6.07) is 3.67. The van der Waals surface area contributed by atoms with Crippen LogP contribution in [0.4, 0.5) is 8.78 Å². The number of hydrogen-bond donors (Lipinski definition) is 1. The number of nitrogens with one attached hydrogen (secondary N) is 1. The molecule has 1 N–H and O–H groups in total. The number of carbonyl (C=O) groups is 2. The molecule has 26 heavy (non-hydrogen) atoms. The Morgan fingerprint density at radius 2 is 1.92 bits per heavy atom. The predicted molar refractivity (Wildman–Crippen MR) is 89.5 cm³/mol. The Balaban J connectivity index is 1.82. The Labute approximate surface area is 150 Å². The first-order valence-corrected chi connectivity index (χ1v) is 8.56. The Morgan fingerprint density at radius 1 is 1.19 bits per heavy atom. The summed E-state index contributed by atoms with van der Waals surface area (Å²) in [7, 11) is 1.27. The molecule has 1 aliphatic carbocycles. The zero-order chi connectivity index (χ0) is 18.9. The quantitative estimate of drug-likeness (QED) is 0.711. The number of ether oxygens (including phenoxy) is 3. The van der Waals surface area contributed by atoms with Gasteiger partial charge in [0.25, 0.3) is 5.91 Å². The summed E-state index contributed by atoms with van der Waals surface area (Å²) in [5, 5.41) is 2.77. The van der Waals surface area contributed by atoms with Crippen LogP contribution in [0.15, 0.2) is 18.2 Å². The predicted octanol–water partition coefficient (Wildman–Crippen LogP) is 3.15. The molecule has 0 spiro atoms. The molecule has 1 amide bonds. The van der Waals surface area contributed by atoms with E-state index in [4.69, 9.17) is 9.47 Å². The minimum absolute atomic E-state index is 0.0264. The van der Waals surface area contributed by atoms with Crippen molar-refractivity contribution in [2.75, 3.05) is 20.3 Å². The van der Waals surface area contributed by atoms with E-state index in [2.05, 4.69) is 10.1 Å². The first-order chi connectivity index (χ1) is 12.5. The number of rotatable bonds is 8. The number of alkyl halides is 2. The van der Waals surface area contributed by atoms with E-state index in [0.717, 1.165) is 12.8 Å². The van der Waals surface area contributed by atoms with Gasteiger partial charge in [-0.1, -0.05) is 19.3 Å². The Bertz CT molecular complexity index is 618. The zero-order valence-electron chi connectivity index (χ0n) is 14.6.